The number of amides is 1. The number of aryl methyl sites for hydroxylation is 1. The number of rotatable bonds is 7. The second-order valence-electron chi connectivity index (χ2n) is 4.16. The molecule has 1 aliphatic rings. The van der Waals surface area contributed by atoms with E-state index in [1.807, 2.05) is 10.8 Å². The topological polar surface area (TPSA) is 59.0 Å². The van der Waals surface area contributed by atoms with Crippen molar-refractivity contribution in [2.45, 2.75) is 31.8 Å². The van der Waals surface area contributed by atoms with Crippen LogP contribution in [0.15, 0.2) is 18.7 Å². The molecule has 5 heteroatoms. The molecule has 1 saturated carbocycles. The van der Waals surface area contributed by atoms with Crippen LogP contribution in [0.5, 0.6) is 0 Å². The molecular formula is C11H18N4O. The van der Waals surface area contributed by atoms with Gasteiger partial charge in [-0.1, -0.05) is 0 Å². The lowest BCUT2D eigenvalue weighted by Crippen LogP contribution is -2.35. The summed E-state index contributed by atoms with van der Waals surface area (Å²) in [6.07, 6.45) is 8.85. The van der Waals surface area contributed by atoms with Crippen LogP contribution in [-0.4, -0.2) is 34.6 Å². The maximum absolute atomic E-state index is 11.3. The third-order valence-corrected chi connectivity index (χ3v) is 2.60. The Bertz CT molecular complexity index is 319. The Morgan fingerprint density at radius 3 is 3.06 bits per heavy atom. The van der Waals surface area contributed by atoms with Crippen molar-refractivity contribution in [2.75, 3.05) is 13.1 Å². The Morgan fingerprint density at radius 1 is 1.50 bits per heavy atom. The third kappa shape index (κ3) is 4.02. The Morgan fingerprint density at radius 2 is 2.38 bits per heavy atom. The van der Waals surface area contributed by atoms with E-state index < -0.39 is 0 Å². The minimum atomic E-state index is 0.0949. The summed E-state index contributed by atoms with van der Waals surface area (Å²) in [6, 6.07) is 0.594. The molecule has 1 aromatic rings. The second kappa shape index (κ2) is 5.65. The fourth-order valence-corrected chi connectivity index (χ4v) is 1.50. The molecular weight excluding hydrogens is 204 g/mol. The van der Waals surface area contributed by atoms with E-state index in [4.69, 9.17) is 0 Å². The van der Waals surface area contributed by atoms with Crippen LogP contribution in [0.1, 0.15) is 19.3 Å². The molecule has 1 amide bonds. The van der Waals surface area contributed by atoms with Gasteiger partial charge >= 0.3 is 0 Å². The Kier molecular flexibility index (Phi) is 3.93. The first-order valence-electron chi connectivity index (χ1n) is 5.80. The molecule has 88 valence electrons. The van der Waals surface area contributed by atoms with E-state index in [1.165, 1.54) is 12.8 Å². The number of aromatic nitrogens is 2. The Balaban J connectivity index is 1.48. The lowest BCUT2D eigenvalue weighted by Gasteiger charge is -2.06. The molecule has 2 N–H and O–H groups in total. The molecule has 1 heterocycles. The van der Waals surface area contributed by atoms with E-state index in [9.17, 15) is 4.79 Å². The second-order valence-corrected chi connectivity index (χ2v) is 4.16. The third-order valence-electron chi connectivity index (χ3n) is 2.60. The van der Waals surface area contributed by atoms with Gasteiger partial charge in [0.15, 0.2) is 0 Å². The molecule has 1 fully saturated rings. The smallest absolute Gasteiger partial charge is 0.233 e. The highest BCUT2D eigenvalue weighted by Crippen LogP contribution is 2.17. The highest BCUT2D eigenvalue weighted by atomic mass is 16.1. The molecule has 1 aromatic heterocycles. The lowest BCUT2D eigenvalue weighted by molar-refractivity contribution is -0.120. The average molecular weight is 222 g/mol. The highest BCUT2D eigenvalue weighted by Gasteiger charge is 2.20. The van der Waals surface area contributed by atoms with E-state index in [0.717, 1.165) is 19.5 Å². The molecule has 1 aliphatic carbocycles. The molecule has 0 radical (unpaired) electrons. The van der Waals surface area contributed by atoms with Gasteiger partial charge in [0.05, 0.1) is 12.9 Å². The number of carbonyl (C=O) groups is 1. The maximum Gasteiger partial charge on any atom is 0.233 e. The molecule has 5 nitrogen and oxygen atoms in total. The van der Waals surface area contributed by atoms with Crippen LogP contribution in [-0.2, 0) is 11.3 Å². The summed E-state index contributed by atoms with van der Waals surface area (Å²) in [4.78, 5) is 15.3. The zero-order chi connectivity index (χ0) is 11.2. The number of imidazole rings is 1. The summed E-state index contributed by atoms with van der Waals surface area (Å²) >= 11 is 0. The number of hydrogen-bond donors (Lipinski definition) is 2. The summed E-state index contributed by atoms with van der Waals surface area (Å²) in [7, 11) is 0. The summed E-state index contributed by atoms with van der Waals surface area (Å²) in [5, 5.41) is 6.08. The van der Waals surface area contributed by atoms with Crippen molar-refractivity contribution in [3.8, 4) is 0 Å². The van der Waals surface area contributed by atoms with Crippen molar-refractivity contribution in [1.29, 1.82) is 0 Å². The average Bonchev–Trinajstić information content (AvgIpc) is 2.97. The number of nitrogens with zero attached hydrogens (tertiary/aromatic N) is 2. The first-order valence-corrected chi connectivity index (χ1v) is 5.80. The van der Waals surface area contributed by atoms with Crippen LogP contribution < -0.4 is 10.6 Å². The van der Waals surface area contributed by atoms with Crippen LogP contribution in [0.3, 0.4) is 0 Å². The molecule has 0 unspecified atom stereocenters. The summed E-state index contributed by atoms with van der Waals surface area (Å²) < 4.78 is 2.01. The summed E-state index contributed by atoms with van der Waals surface area (Å²) in [6.45, 7) is 2.08. The van der Waals surface area contributed by atoms with Gasteiger partial charge in [-0.25, -0.2) is 4.98 Å². The molecule has 0 aliphatic heterocycles. The monoisotopic (exact) mass is 222 g/mol. The predicted octanol–water partition coefficient (Wildman–Crippen LogP) is 0.141. The standard InChI is InChI=1S/C11H18N4O/c16-11(8-14-10-2-3-10)13-4-1-6-15-7-5-12-9-15/h5,7,9-10,14H,1-4,6,8H2,(H,13,16). The number of carbonyl (C=O) groups excluding carboxylic acids is 1. The van der Waals surface area contributed by atoms with Gasteiger partial charge < -0.3 is 15.2 Å². The SMILES string of the molecule is O=C(CNC1CC1)NCCCn1ccnc1. The zero-order valence-electron chi connectivity index (χ0n) is 9.35. The van der Waals surface area contributed by atoms with Crippen molar-refractivity contribution in [1.82, 2.24) is 20.2 Å². The van der Waals surface area contributed by atoms with Gasteiger partial charge in [0, 0.05) is 31.5 Å². The van der Waals surface area contributed by atoms with Gasteiger partial charge in [0.25, 0.3) is 0 Å². The molecule has 16 heavy (non-hydrogen) atoms. The molecule has 0 spiro atoms. The minimum Gasteiger partial charge on any atom is -0.355 e. The van der Waals surface area contributed by atoms with Crippen LogP contribution in [0, 0.1) is 0 Å². The van der Waals surface area contributed by atoms with Crippen molar-refractivity contribution < 1.29 is 4.79 Å². The van der Waals surface area contributed by atoms with Gasteiger partial charge in [-0.3, -0.25) is 4.79 Å². The van der Waals surface area contributed by atoms with Gasteiger partial charge in [0.2, 0.25) is 5.91 Å². The van der Waals surface area contributed by atoms with Crippen molar-refractivity contribution in [3.63, 3.8) is 0 Å². The molecule has 0 atom stereocenters. The Hall–Kier alpha value is -1.36. The first kappa shape index (κ1) is 11.1. The van der Waals surface area contributed by atoms with Crippen molar-refractivity contribution in [2.24, 2.45) is 0 Å². The van der Waals surface area contributed by atoms with E-state index in [-0.39, 0.29) is 5.91 Å². The van der Waals surface area contributed by atoms with Crippen LogP contribution in [0.25, 0.3) is 0 Å². The van der Waals surface area contributed by atoms with E-state index >= 15 is 0 Å². The molecule has 0 aromatic carbocycles. The van der Waals surface area contributed by atoms with Crippen LogP contribution in [0.4, 0.5) is 0 Å². The molecule has 0 saturated heterocycles. The zero-order valence-corrected chi connectivity index (χ0v) is 9.35. The summed E-state index contributed by atoms with van der Waals surface area (Å²) in [5.74, 6) is 0.0949. The number of hydrogen-bond acceptors (Lipinski definition) is 3. The number of nitrogens with one attached hydrogen (secondary N) is 2. The van der Waals surface area contributed by atoms with E-state index in [2.05, 4.69) is 15.6 Å². The van der Waals surface area contributed by atoms with E-state index in [0.29, 0.717) is 12.6 Å². The molecule has 0 bridgehead atoms. The van der Waals surface area contributed by atoms with Crippen molar-refractivity contribution in [3.05, 3.63) is 18.7 Å². The maximum atomic E-state index is 11.3. The van der Waals surface area contributed by atoms with Crippen molar-refractivity contribution >= 4 is 5.91 Å². The fraction of sp³-hybridized carbons (Fsp3) is 0.636. The van der Waals surface area contributed by atoms with Crippen LogP contribution >= 0.6 is 0 Å². The lowest BCUT2D eigenvalue weighted by atomic mass is 10.4. The normalized spacial score (nSPS) is 15.0. The van der Waals surface area contributed by atoms with Crippen LogP contribution in [0.2, 0.25) is 0 Å². The highest BCUT2D eigenvalue weighted by molar-refractivity contribution is 5.77. The van der Waals surface area contributed by atoms with E-state index in [1.54, 1.807) is 12.5 Å². The van der Waals surface area contributed by atoms with Gasteiger partial charge in [-0.15, -0.1) is 0 Å². The fourth-order valence-electron chi connectivity index (χ4n) is 1.50. The van der Waals surface area contributed by atoms with Gasteiger partial charge in [-0.2, -0.15) is 0 Å². The quantitative estimate of drug-likeness (QED) is 0.645. The largest absolute Gasteiger partial charge is 0.355 e. The minimum absolute atomic E-state index is 0.0949. The van der Waals surface area contributed by atoms with Gasteiger partial charge in [0.1, 0.15) is 0 Å². The molecule has 2 rings (SSSR count). The first-order chi connectivity index (χ1) is 7.84. The van der Waals surface area contributed by atoms with Gasteiger partial charge in [-0.05, 0) is 19.3 Å². The Labute approximate surface area is 95.2 Å². The predicted molar refractivity (Wildman–Crippen MR) is 60.9 cm³/mol. The summed E-state index contributed by atoms with van der Waals surface area (Å²) in [5.41, 5.74) is 0.